The first-order valence-corrected chi connectivity index (χ1v) is 6.72. The Kier molecular flexibility index (Phi) is 3.94. The van der Waals surface area contributed by atoms with Gasteiger partial charge in [-0.05, 0) is 29.8 Å². The number of hydrogen-bond donors (Lipinski definition) is 1. The molecule has 0 fully saturated rings. The monoisotopic (exact) mass is 264 g/mol. The maximum Gasteiger partial charge on any atom is 0.0732 e. The lowest BCUT2D eigenvalue weighted by Gasteiger charge is -2.14. The van der Waals surface area contributed by atoms with Crippen LogP contribution in [0, 0.1) is 0 Å². The van der Waals surface area contributed by atoms with Crippen molar-refractivity contribution in [3.63, 3.8) is 0 Å². The summed E-state index contributed by atoms with van der Waals surface area (Å²) in [4.78, 5) is 12.4. The minimum absolute atomic E-state index is 0.989. The molecule has 0 radical (unpaired) electrons. The molecular formula is C16H16N4. The molecule has 0 saturated heterocycles. The molecule has 4 nitrogen and oxygen atoms in total. The second-order valence-electron chi connectivity index (χ2n) is 4.61. The zero-order valence-electron chi connectivity index (χ0n) is 11.2. The highest BCUT2D eigenvalue weighted by atomic mass is 14.9. The van der Waals surface area contributed by atoms with Crippen LogP contribution in [0.1, 0.15) is 11.3 Å². The van der Waals surface area contributed by atoms with Crippen molar-refractivity contribution in [1.82, 2.24) is 20.3 Å². The van der Waals surface area contributed by atoms with E-state index >= 15 is 0 Å². The van der Waals surface area contributed by atoms with Gasteiger partial charge in [0.05, 0.1) is 5.52 Å². The molecule has 0 amide bonds. The van der Waals surface area contributed by atoms with E-state index in [4.69, 9.17) is 0 Å². The zero-order chi connectivity index (χ0) is 13.6. The summed E-state index contributed by atoms with van der Waals surface area (Å²) >= 11 is 0. The minimum atomic E-state index is 0.989. The molecule has 1 aliphatic rings. The fourth-order valence-corrected chi connectivity index (χ4v) is 2.20. The lowest BCUT2D eigenvalue weighted by Crippen LogP contribution is -2.24. The van der Waals surface area contributed by atoms with Gasteiger partial charge in [-0.3, -0.25) is 15.0 Å². The SMILES string of the molecule is c1cnc2c(c1)CNCC2.c1cnc2ccncc2c1. The Hall–Kier alpha value is -2.33. The molecular weight excluding hydrogens is 248 g/mol. The molecule has 3 aromatic heterocycles. The molecule has 0 aliphatic carbocycles. The van der Waals surface area contributed by atoms with Crippen LogP contribution in [0.15, 0.2) is 55.1 Å². The second-order valence-corrected chi connectivity index (χ2v) is 4.61. The number of aromatic nitrogens is 3. The quantitative estimate of drug-likeness (QED) is 0.677. The third-order valence-electron chi connectivity index (χ3n) is 3.24. The number of fused-ring (bicyclic) bond motifs is 2. The van der Waals surface area contributed by atoms with Gasteiger partial charge in [-0.1, -0.05) is 6.07 Å². The molecule has 4 rings (SSSR count). The topological polar surface area (TPSA) is 50.7 Å². The Labute approximate surface area is 117 Å². The van der Waals surface area contributed by atoms with Crippen molar-refractivity contribution >= 4 is 10.9 Å². The van der Waals surface area contributed by atoms with E-state index in [1.807, 2.05) is 36.7 Å². The highest BCUT2D eigenvalue weighted by molar-refractivity contribution is 5.76. The Bertz CT molecular complexity index is 606. The van der Waals surface area contributed by atoms with E-state index in [9.17, 15) is 0 Å². The van der Waals surface area contributed by atoms with Crippen LogP contribution in [0.5, 0.6) is 0 Å². The van der Waals surface area contributed by atoms with Crippen molar-refractivity contribution in [1.29, 1.82) is 0 Å². The molecule has 0 atom stereocenters. The zero-order valence-corrected chi connectivity index (χ0v) is 11.2. The Morgan fingerprint density at radius 3 is 2.75 bits per heavy atom. The van der Waals surface area contributed by atoms with E-state index in [1.165, 1.54) is 11.3 Å². The van der Waals surface area contributed by atoms with Gasteiger partial charge >= 0.3 is 0 Å². The van der Waals surface area contributed by atoms with Gasteiger partial charge < -0.3 is 5.32 Å². The molecule has 100 valence electrons. The van der Waals surface area contributed by atoms with Gasteiger partial charge in [-0.15, -0.1) is 0 Å². The van der Waals surface area contributed by atoms with Crippen molar-refractivity contribution in [2.45, 2.75) is 13.0 Å². The molecule has 1 aliphatic heterocycles. The van der Waals surface area contributed by atoms with E-state index < -0.39 is 0 Å². The van der Waals surface area contributed by atoms with Crippen LogP contribution in [0.25, 0.3) is 10.9 Å². The highest BCUT2D eigenvalue weighted by Gasteiger charge is 2.06. The molecule has 20 heavy (non-hydrogen) atoms. The van der Waals surface area contributed by atoms with E-state index in [0.29, 0.717) is 0 Å². The first-order valence-electron chi connectivity index (χ1n) is 6.72. The normalized spacial score (nSPS) is 13.2. The molecule has 0 saturated carbocycles. The molecule has 0 bridgehead atoms. The van der Waals surface area contributed by atoms with Crippen molar-refractivity contribution < 1.29 is 0 Å². The van der Waals surface area contributed by atoms with E-state index in [-0.39, 0.29) is 0 Å². The summed E-state index contributed by atoms with van der Waals surface area (Å²) < 4.78 is 0. The second kappa shape index (κ2) is 6.21. The van der Waals surface area contributed by atoms with Gasteiger partial charge in [-0.25, -0.2) is 0 Å². The molecule has 0 aromatic carbocycles. The lowest BCUT2D eigenvalue weighted by atomic mass is 10.1. The summed E-state index contributed by atoms with van der Waals surface area (Å²) in [7, 11) is 0. The third-order valence-corrected chi connectivity index (χ3v) is 3.24. The van der Waals surface area contributed by atoms with Gasteiger partial charge in [-0.2, -0.15) is 0 Å². The van der Waals surface area contributed by atoms with Crippen LogP contribution >= 0.6 is 0 Å². The molecule has 0 spiro atoms. The van der Waals surface area contributed by atoms with E-state index in [0.717, 1.165) is 30.4 Å². The van der Waals surface area contributed by atoms with Crippen LogP contribution in [0.3, 0.4) is 0 Å². The average molecular weight is 264 g/mol. The minimum Gasteiger partial charge on any atom is -0.312 e. The average Bonchev–Trinajstić information content (AvgIpc) is 2.56. The first kappa shape index (κ1) is 12.7. The first-order chi connectivity index (χ1) is 9.93. The lowest BCUT2D eigenvalue weighted by molar-refractivity contribution is 0.630. The van der Waals surface area contributed by atoms with E-state index in [2.05, 4.69) is 26.3 Å². The maximum atomic E-state index is 4.28. The van der Waals surface area contributed by atoms with Crippen molar-refractivity contribution in [2.24, 2.45) is 0 Å². The van der Waals surface area contributed by atoms with E-state index in [1.54, 1.807) is 12.4 Å². The fraction of sp³-hybridized carbons (Fsp3) is 0.188. The fourth-order valence-electron chi connectivity index (χ4n) is 2.20. The Morgan fingerprint density at radius 2 is 1.85 bits per heavy atom. The number of nitrogens with zero attached hydrogens (tertiary/aromatic N) is 3. The molecule has 4 heterocycles. The van der Waals surface area contributed by atoms with Crippen molar-refractivity contribution in [2.75, 3.05) is 6.54 Å². The van der Waals surface area contributed by atoms with Crippen LogP contribution in [0.2, 0.25) is 0 Å². The number of nitrogens with one attached hydrogen (secondary N) is 1. The summed E-state index contributed by atoms with van der Waals surface area (Å²) in [6, 6.07) is 9.93. The number of rotatable bonds is 0. The van der Waals surface area contributed by atoms with Crippen LogP contribution in [-0.4, -0.2) is 21.5 Å². The molecule has 0 unspecified atom stereocenters. The summed E-state index contributed by atoms with van der Waals surface area (Å²) in [6.07, 6.45) is 8.28. The summed E-state index contributed by atoms with van der Waals surface area (Å²) in [5, 5.41) is 4.39. The van der Waals surface area contributed by atoms with Gasteiger partial charge in [0.1, 0.15) is 0 Å². The molecule has 1 N–H and O–H groups in total. The van der Waals surface area contributed by atoms with Gasteiger partial charge in [0.25, 0.3) is 0 Å². The van der Waals surface area contributed by atoms with Crippen LogP contribution in [0.4, 0.5) is 0 Å². The third kappa shape index (κ3) is 2.97. The largest absolute Gasteiger partial charge is 0.312 e. The molecule has 3 aromatic rings. The highest BCUT2D eigenvalue weighted by Crippen LogP contribution is 2.08. The Morgan fingerprint density at radius 1 is 0.950 bits per heavy atom. The standard InChI is InChI=1S/C8H10N2.C8H6N2/c2*1-2-7-6-9-5-3-8(7)10-4-1/h1-2,4,9H,3,5-6H2;1-6H. The number of hydrogen-bond acceptors (Lipinski definition) is 4. The van der Waals surface area contributed by atoms with Gasteiger partial charge in [0.15, 0.2) is 0 Å². The predicted molar refractivity (Wildman–Crippen MR) is 79.2 cm³/mol. The molecule has 4 heteroatoms. The number of pyridine rings is 3. The predicted octanol–water partition coefficient (Wildman–Crippen LogP) is 2.36. The summed E-state index contributed by atoms with van der Waals surface area (Å²) in [6.45, 7) is 2.06. The Balaban J connectivity index is 0.000000121. The van der Waals surface area contributed by atoms with Gasteiger partial charge in [0.2, 0.25) is 0 Å². The van der Waals surface area contributed by atoms with Crippen LogP contribution < -0.4 is 5.32 Å². The van der Waals surface area contributed by atoms with Crippen molar-refractivity contribution in [3.05, 3.63) is 66.4 Å². The summed E-state index contributed by atoms with van der Waals surface area (Å²) in [5.74, 6) is 0. The van der Waals surface area contributed by atoms with Crippen LogP contribution in [-0.2, 0) is 13.0 Å². The smallest absolute Gasteiger partial charge is 0.0732 e. The summed E-state index contributed by atoms with van der Waals surface area (Å²) in [5.41, 5.74) is 3.62. The maximum absolute atomic E-state index is 4.28. The van der Waals surface area contributed by atoms with Gasteiger partial charge in [0, 0.05) is 55.4 Å². The van der Waals surface area contributed by atoms with Crippen molar-refractivity contribution in [3.8, 4) is 0 Å².